The van der Waals surface area contributed by atoms with Gasteiger partial charge in [0, 0.05) is 37.0 Å². The molecule has 0 aliphatic carbocycles. The van der Waals surface area contributed by atoms with Crippen molar-refractivity contribution in [3.63, 3.8) is 0 Å². The van der Waals surface area contributed by atoms with E-state index in [0.717, 1.165) is 6.07 Å². The molecule has 8 heteroatoms. The summed E-state index contributed by atoms with van der Waals surface area (Å²) in [5.74, 6) is -2.90. The molecule has 0 saturated carbocycles. The lowest BCUT2D eigenvalue weighted by Gasteiger charge is -2.25. The summed E-state index contributed by atoms with van der Waals surface area (Å²) >= 11 is 0. The smallest absolute Gasteiger partial charge is 0.307 e. The molecule has 1 aliphatic rings. The Labute approximate surface area is 150 Å². The quantitative estimate of drug-likeness (QED) is 0.746. The van der Waals surface area contributed by atoms with Gasteiger partial charge in [-0.2, -0.15) is 0 Å². The Morgan fingerprint density at radius 1 is 1.38 bits per heavy atom. The number of likely N-dealkylation sites (tertiary alicyclic amines) is 1. The van der Waals surface area contributed by atoms with Gasteiger partial charge in [0.05, 0.1) is 13.5 Å². The second kappa shape index (κ2) is 8.73. The number of methoxy groups -OCH3 is 1. The highest BCUT2D eigenvalue weighted by Crippen LogP contribution is 2.25. The molecule has 1 N–H and O–H groups in total. The van der Waals surface area contributed by atoms with Crippen LogP contribution in [0.5, 0.6) is 0 Å². The number of esters is 1. The van der Waals surface area contributed by atoms with E-state index in [2.05, 4.69) is 10.1 Å². The van der Waals surface area contributed by atoms with Crippen molar-refractivity contribution in [1.29, 1.82) is 0 Å². The molecular formula is C18H22F2N2O4. The van der Waals surface area contributed by atoms with Crippen molar-refractivity contribution in [3.8, 4) is 0 Å². The Morgan fingerprint density at radius 2 is 2.12 bits per heavy atom. The van der Waals surface area contributed by atoms with Gasteiger partial charge in [-0.1, -0.05) is 12.1 Å². The van der Waals surface area contributed by atoms with Gasteiger partial charge in [-0.15, -0.1) is 0 Å². The summed E-state index contributed by atoms with van der Waals surface area (Å²) in [7, 11) is 1.27. The van der Waals surface area contributed by atoms with E-state index in [1.54, 1.807) is 6.92 Å². The van der Waals surface area contributed by atoms with Crippen molar-refractivity contribution >= 4 is 17.8 Å². The van der Waals surface area contributed by atoms with E-state index in [4.69, 9.17) is 0 Å². The highest BCUT2D eigenvalue weighted by Gasteiger charge is 2.33. The number of benzene rings is 1. The molecule has 1 aromatic rings. The average molecular weight is 368 g/mol. The second-order valence-corrected chi connectivity index (χ2v) is 6.38. The molecule has 6 nitrogen and oxygen atoms in total. The second-order valence-electron chi connectivity index (χ2n) is 6.38. The summed E-state index contributed by atoms with van der Waals surface area (Å²) in [6.45, 7) is 1.59. The van der Waals surface area contributed by atoms with E-state index >= 15 is 0 Å². The zero-order valence-electron chi connectivity index (χ0n) is 14.8. The SMILES string of the molecule is COC(=O)CC(C)NC(=O)CC1CCC(=O)N1Cc1cccc(F)c1F. The summed E-state index contributed by atoms with van der Waals surface area (Å²) in [6, 6.07) is 3.01. The molecular weight excluding hydrogens is 346 g/mol. The number of nitrogens with one attached hydrogen (secondary N) is 1. The molecule has 1 heterocycles. The molecule has 0 radical (unpaired) electrons. The van der Waals surface area contributed by atoms with Crippen molar-refractivity contribution in [2.75, 3.05) is 7.11 Å². The van der Waals surface area contributed by atoms with E-state index in [9.17, 15) is 23.2 Å². The number of ether oxygens (including phenoxy) is 1. The number of rotatable bonds is 7. The van der Waals surface area contributed by atoms with E-state index in [0.29, 0.717) is 6.42 Å². The number of carbonyl (C=O) groups excluding carboxylic acids is 3. The largest absolute Gasteiger partial charge is 0.469 e. The maximum Gasteiger partial charge on any atom is 0.307 e. The molecule has 26 heavy (non-hydrogen) atoms. The van der Waals surface area contributed by atoms with Crippen molar-refractivity contribution in [2.45, 2.75) is 51.2 Å². The maximum atomic E-state index is 13.9. The van der Waals surface area contributed by atoms with Crippen LogP contribution in [0.25, 0.3) is 0 Å². The van der Waals surface area contributed by atoms with E-state index in [1.807, 2.05) is 0 Å². The number of hydrogen-bond acceptors (Lipinski definition) is 4. The topological polar surface area (TPSA) is 75.7 Å². The summed E-state index contributed by atoms with van der Waals surface area (Å²) in [4.78, 5) is 36.9. The fourth-order valence-electron chi connectivity index (χ4n) is 3.01. The molecule has 1 saturated heterocycles. The van der Waals surface area contributed by atoms with Gasteiger partial charge < -0.3 is 15.0 Å². The number of halogens is 2. The molecule has 0 aromatic heterocycles. The predicted octanol–water partition coefficient (Wildman–Crippen LogP) is 1.91. The first-order valence-electron chi connectivity index (χ1n) is 8.40. The fourth-order valence-corrected chi connectivity index (χ4v) is 3.01. The van der Waals surface area contributed by atoms with Crippen molar-refractivity contribution in [1.82, 2.24) is 10.2 Å². The third kappa shape index (κ3) is 5.00. The summed E-state index contributed by atoms with van der Waals surface area (Å²) in [5, 5.41) is 2.68. The number of carbonyl (C=O) groups is 3. The summed E-state index contributed by atoms with van der Waals surface area (Å²) < 4.78 is 31.8. The lowest BCUT2D eigenvalue weighted by atomic mass is 10.1. The van der Waals surface area contributed by atoms with Crippen molar-refractivity contribution in [3.05, 3.63) is 35.4 Å². The van der Waals surface area contributed by atoms with Gasteiger partial charge >= 0.3 is 5.97 Å². The van der Waals surface area contributed by atoms with Crippen LogP contribution in [-0.2, 0) is 25.7 Å². The van der Waals surface area contributed by atoms with Crippen LogP contribution in [0, 0.1) is 11.6 Å². The van der Waals surface area contributed by atoms with Gasteiger partial charge in [0.15, 0.2) is 11.6 Å². The van der Waals surface area contributed by atoms with E-state index < -0.39 is 29.7 Å². The summed E-state index contributed by atoms with van der Waals surface area (Å²) in [6.07, 6.45) is 0.805. The highest BCUT2D eigenvalue weighted by molar-refractivity contribution is 5.82. The van der Waals surface area contributed by atoms with E-state index in [1.165, 1.54) is 24.1 Å². The van der Waals surface area contributed by atoms with Crippen LogP contribution in [0.3, 0.4) is 0 Å². The lowest BCUT2D eigenvalue weighted by molar-refractivity contribution is -0.141. The fraction of sp³-hybridized carbons (Fsp3) is 0.500. The van der Waals surface area contributed by atoms with Gasteiger partial charge in [0.25, 0.3) is 0 Å². The molecule has 142 valence electrons. The lowest BCUT2D eigenvalue weighted by Crippen LogP contribution is -2.40. The molecule has 1 fully saturated rings. The minimum absolute atomic E-state index is 0.0359. The molecule has 2 amide bonds. The van der Waals surface area contributed by atoms with Crippen LogP contribution in [0.15, 0.2) is 18.2 Å². The van der Waals surface area contributed by atoms with Gasteiger partial charge in [-0.3, -0.25) is 14.4 Å². The Kier molecular flexibility index (Phi) is 6.65. The first-order valence-corrected chi connectivity index (χ1v) is 8.40. The normalized spacial score (nSPS) is 17.9. The van der Waals surface area contributed by atoms with Crippen LogP contribution < -0.4 is 5.32 Å². The minimum atomic E-state index is -0.984. The van der Waals surface area contributed by atoms with Crippen LogP contribution in [0.2, 0.25) is 0 Å². The standard InChI is InChI=1S/C18H22F2N2O4/c1-11(8-17(25)26-2)21-15(23)9-13-6-7-16(24)22(13)10-12-4-3-5-14(19)18(12)20/h3-5,11,13H,6-10H2,1-2H3,(H,21,23). The van der Waals surface area contributed by atoms with Crippen LogP contribution in [0.4, 0.5) is 8.78 Å². The van der Waals surface area contributed by atoms with E-state index in [-0.39, 0.29) is 43.2 Å². The molecule has 2 atom stereocenters. The Morgan fingerprint density at radius 3 is 2.81 bits per heavy atom. The molecule has 1 aromatic carbocycles. The van der Waals surface area contributed by atoms with Crippen LogP contribution in [0.1, 0.15) is 38.2 Å². The molecule has 1 aliphatic heterocycles. The zero-order chi connectivity index (χ0) is 19.3. The number of hydrogen-bond donors (Lipinski definition) is 1. The Bertz CT molecular complexity index is 696. The highest BCUT2D eigenvalue weighted by atomic mass is 19.2. The van der Waals surface area contributed by atoms with Crippen LogP contribution in [-0.4, -0.2) is 41.9 Å². The first-order chi connectivity index (χ1) is 12.3. The van der Waals surface area contributed by atoms with Gasteiger partial charge in [-0.05, 0) is 19.4 Å². The molecule has 0 bridgehead atoms. The zero-order valence-corrected chi connectivity index (χ0v) is 14.8. The van der Waals surface area contributed by atoms with Crippen molar-refractivity contribution in [2.24, 2.45) is 0 Å². The Balaban J connectivity index is 1.97. The third-order valence-electron chi connectivity index (χ3n) is 4.35. The predicted molar refractivity (Wildman–Crippen MR) is 88.8 cm³/mol. The molecule has 2 unspecified atom stereocenters. The van der Waals surface area contributed by atoms with Gasteiger partial charge in [-0.25, -0.2) is 8.78 Å². The average Bonchev–Trinajstić information content (AvgIpc) is 2.91. The minimum Gasteiger partial charge on any atom is -0.469 e. The molecule has 2 rings (SSSR count). The van der Waals surface area contributed by atoms with Crippen LogP contribution >= 0.6 is 0 Å². The van der Waals surface area contributed by atoms with Gasteiger partial charge in [0.1, 0.15) is 0 Å². The molecule has 0 spiro atoms. The van der Waals surface area contributed by atoms with Crippen molar-refractivity contribution < 1.29 is 27.9 Å². The first kappa shape index (κ1) is 19.8. The number of nitrogens with zero attached hydrogens (tertiary/aromatic N) is 1. The summed E-state index contributed by atoms with van der Waals surface area (Å²) in [5.41, 5.74) is 0.0738. The maximum absolute atomic E-state index is 13.9. The monoisotopic (exact) mass is 368 g/mol. The number of amides is 2. The third-order valence-corrected chi connectivity index (χ3v) is 4.35. The Hall–Kier alpha value is -2.51. The van der Waals surface area contributed by atoms with Gasteiger partial charge in [0.2, 0.25) is 11.8 Å².